The highest BCUT2D eigenvalue weighted by Crippen LogP contribution is 2.32. The van der Waals surface area contributed by atoms with E-state index in [2.05, 4.69) is 10.3 Å². The number of nitrogens with zero attached hydrogens (tertiary/aromatic N) is 1. The summed E-state index contributed by atoms with van der Waals surface area (Å²) in [7, 11) is 0. The fourth-order valence-corrected chi connectivity index (χ4v) is 2.73. The minimum Gasteiger partial charge on any atom is -0.392 e. The minimum atomic E-state index is -0.761. The third-order valence-electron chi connectivity index (χ3n) is 3.39. The summed E-state index contributed by atoms with van der Waals surface area (Å²) in [6.07, 6.45) is 6.43. The van der Waals surface area contributed by atoms with Crippen molar-refractivity contribution in [2.45, 2.75) is 46.5 Å². The first-order valence-electron chi connectivity index (χ1n) is 6.99. The van der Waals surface area contributed by atoms with E-state index in [9.17, 15) is 4.79 Å². The van der Waals surface area contributed by atoms with Crippen molar-refractivity contribution in [1.82, 2.24) is 4.98 Å². The molecule has 20 heavy (non-hydrogen) atoms. The Morgan fingerprint density at radius 3 is 2.40 bits per heavy atom. The van der Waals surface area contributed by atoms with E-state index in [0.717, 1.165) is 18.4 Å². The molecule has 0 bridgehead atoms. The number of hydrogen-bond donors (Lipinski definition) is 2. The van der Waals surface area contributed by atoms with E-state index in [4.69, 9.17) is 18.0 Å². The zero-order chi connectivity index (χ0) is 15.2. The zero-order valence-electron chi connectivity index (χ0n) is 12.4. The van der Waals surface area contributed by atoms with Crippen molar-refractivity contribution < 1.29 is 4.79 Å². The van der Waals surface area contributed by atoms with Crippen molar-refractivity contribution in [3.63, 3.8) is 0 Å². The van der Waals surface area contributed by atoms with Crippen molar-refractivity contribution in [3.05, 3.63) is 24.0 Å². The Kier molecular flexibility index (Phi) is 6.07. The molecule has 3 N–H and O–H groups in total. The smallest absolute Gasteiger partial charge is 0.237 e. The number of thiocarbonyl (C=S) groups is 1. The van der Waals surface area contributed by atoms with Crippen LogP contribution < -0.4 is 11.1 Å². The molecule has 0 saturated heterocycles. The molecule has 0 aliphatic heterocycles. The van der Waals surface area contributed by atoms with Gasteiger partial charge in [-0.15, -0.1) is 0 Å². The maximum Gasteiger partial charge on any atom is 0.237 e. The number of nitrogens with two attached hydrogens (primary N) is 1. The lowest BCUT2D eigenvalue weighted by atomic mass is 9.78. The van der Waals surface area contributed by atoms with Gasteiger partial charge in [-0.2, -0.15) is 0 Å². The molecule has 0 fully saturated rings. The van der Waals surface area contributed by atoms with Gasteiger partial charge in [-0.25, -0.2) is 0 Å². The fraction of sp³-hybridized carbons (Fsp3) is 0.533. The summed E-state index contributed by atoms with van der Waals surface area (Å²) in [6, 6.07) is 1.88. The highest BCUT2D eigenvalue weighted by Gasteiger charge is 2.39. The maximum absolute atomic E-state index is 12.7. The summed E-state index contributed by atoms with van der Waals surface area (Å²) in [6.45, 7) is 6.00. The predicted molar refractivity (Wildman–Crippen MR) is 86.6 cm³/mol. The number of anilines is 1. The SMILES string of the molecule is CCCC(CCC)(C(=O)Nc1cncc(C)c1)C(N)=S. The molecule has 4 nitrogen and oxygen atoms in total. The number of carbonyl (C=O) groups is 1. The first kappa shape index (κ1) is 16.6. The molecule has 0 spiro atoms. The molecule has 1 aromatic rings. The van der Waals surface area contributed by atoms with Gasteiger partial charge in [0.1, 0.15) is 0 Å². The van der Waals surface area contributed by atoms with Gasteiger partial charge < -0.3 is 11.1 Å². The van der Waals surface area contributed by atoms with Crippen LogP contribution in [0.5, 0.6) is 0 Å². The number of aryl methyl sites for hydroxylation is 1. The maximum atomic E-state index is 12.7. The summed E-state index contributed by atoms with van der Waals surface area (Å²) < 4.78 is 0. The van der Waals surface area contributed by atoms with Crippen LogP contribution >= 0.6 is 12.2 Å². The molecule has 1 rings (SSSR count). The Bertz CT molecular complexity index is 482. The second kappa shape index (κ2) is 7.33. The standard InChI is InChI=1S/C15H23N3OS/c1-4-6-15(7-5-2,13(16)20)14(19)18-12-8-11(3)9-17-10-12/h8-10H,4-7H2,1-3H3,(H2,16,20)(H,18,19). The number of hydrogen-bond acceptors (Lipinski definition) is 3. The molecular weight excluding hydrogens is 270 g/mol. The summed E-state index contributed by atoms with van der Waals surface area (Å²) in [5.74, 6) is -0.124. The van der Waals surface area contributed by atoms with Crippen molar-refractivity contribution in [3.8, 4) is 0 Å². The molecule has 0 aliphatic carbocycles. The largest absolute Gasteiger partial charge is 0.392 e. The number of aromatic nitrogens is 1. The molecule has 1 aromatic heterocycles. The van der Waals surface area contributed by atoms with Gasteiger partial charge in [0.2, 0.25) is 5.91 Å². The lowest BCUT2D eigenvalue weighted by Gasteiger charge is -2.31. The van der Waals surface area contributed by atoms with Crippen molar-refractivity contribution >= 4 is 28.8 Å². The Labute approximate surface area is 126 Å². The normalized spacial score (nSPS) is 11.2. The number of rotatable bonds is 7. The van der Waals surface area contributed by atoms with Crippen LogP contribution in [0.3, 0.4) is 0 Å². The third-order valence-corrected chi connectivity index (χ3v) is 3.78. The molecule has 0 aliphatic rings. The molecule has 0 radical (unpaired) electrons. The van der Waals surface area contributed by atoms with E-state index >= 15 is 0 Å². The highest BCUT2D eigenvalue weighted by molar-refractivity contribution is 7.80. The van der Waals surface area contributed by atoms with Crippen molar-refractivity contribution in [2.24, 2.45) is 11.1 Å². The summed E-state index contributed by atoms with van der Waals surface area (Å²) >= 11 is 5.18. The highest BCUT2D eigenvalue weighted by atomic mass is 32.1. The van der Waals surface area contributed by atoms with Crippen LogP contribution in [0, 0.1) is 12.3 Å². The molecule has 1 heterocycles. The van der Waals surface area contributed by atoms with E-state index in [1.807, 2.05) is 26.8 Å². The van der Waals surface area contributed by atoms with Crippen LogP contribution in [0.1, 0.15) is 45.1 Å². The van der Waals surface area contributed by atoms with Crippen LogP contribution in [-0.2, 0) is 4.79 Å². The van der Waals surface area contributed by atoms with Crippen molar-refractivity contribution in [2.75, 3.05) is 5.32 Å². The van der Waals surface area contributed by atoms with E-state index in [-0.39, 0.29) is 10.9 Å². The molecule has 0 atom stereocenters. The summed E-state index contributed by atoms with van der Waals surface area (Å²) in [5, 5.41) is 2.91. The van der Waals surface area contributed by atoms with Crippen LogP contribution in [0.4, 0.5) is 5.69 Å². The zero-order valence-corrected chi connectivity index (χ0v) is 13.2. The van der Waals surface area contributed by atoms with Gasteiger partial charge >= 0.3 is 0 Å². The van der Waals surface area contributed by atoms with E-state index in [1.165, 1.54) is 0 Å². The molecule has 0 unspecified atom stereocenters. The Morgan fingerprint density at radius 1 is 1.35 bits per heavy atom. The Hall–Kier alpha value is -1.49. The monoisotopic (exact) mass is 293 g/mol. The van der Waals surface area contributed by atoms with Gasteiger partial charge in [-0.05, 0) is 31.4 Å². The number of carbonyl (C=O) groups excluding carboxylic acids is 1. The molecular formula is C15H23N3OS. The van der Waals surface area contributed by atoms with E-state index < -0.39 is 5.41 Å². The first-order chi connectivity index (χ1) is 9.46. The predicted octanol–water partition coefficient (Wildman–Crippen LogP) is 3.20. The molecule has 110 valence electrons. The topological polar surface area (TPSA) is 68.0 Å². The van der Waals surface area contributed by atoms with Gasteiger partial charge in [-0.3, -0.25) is 9.78 Å². The Morgan fingerprint density at radius 2 is 1.95 bits per heavy atom. The van der Waals surface area contributed by atoms with Crippen LogP contribution in [0.15, 0.2) is 18.5 Å². The van der Waals surface area contributed by atoms with Gasteiger partial charge in [-0.1, -0.05) is 38.9 Å². The average molecular weight is 293 g/mol. The van der Waals surface area contributed by atoms with Crippen LogP contribution in [0.25, 0.3) is 0 Å². The minimum absolute atomic E-state index is 0.124. The second-order valence-electron chi connectivity index (χ2n) is 5.15. The number of pyridine rings is 1. The van der Waals surface area contributed by atoms with Gasteiger partial charge in [0, 0.05) is 6.20 Å². The average Bonchev–Trinajstić information content (AvgIpc) is 2.37. The van der Waals surface area contributed by atoms with E-state index in [1.54, 1.807) is 12.4 Å². The quantitative estimate of drug-likeness (QED) is 0.758. The molecule has 0 aromatic carbocycles. The number of nitrogens with one attached hydrogen (secondary N) is 1. The van der Waals surface area contributed by atoms with E-state index in [0.29, 0.717) is 18.5 Å². The second-order valence-corrected chi connectivity index (χ2v) is 5.59. The van der Waals surface area contributed by atoms with Gasteiger partial charge in [0.05, 0.1) is 22.3 Å². The van der Waals surface area contributed by atoms with Crippen molar-refractivity contribution in [1.29, 1.82) is 0 Å². The Balaban J connectivity index is 3.01. The van der Waals surface area contributed by atoms with Crippen LogP contribution in [0.2, 0.25) is 0 Å². The molecule has 5 heteroatoms. The third kappa shape index (κ3) is 3.76. The van der Waals surface area contributed by atoms with Crippen LogP contribution in [-0.4, -0.2) is 15.9 Å². The number of amides is 1. The fourth-order valence-electron chi connectivity index (χ4n) is 2.44. The summed E-state index contributed by atoms with van der Waals surface area (Å²) in [5.41, 5.74) is 6.80. The van der Waals surface area contributed by atoms with Gasteiger partial charge in [0.25, 0.3) is 0 Å². The van der Waals surface area contributed by atoms with Gasteiger partial charge in [0.15, 0.2) is 0 Å². The first-order valence-corrected chi connectivity index (χ1v) is 7.40. The molecule has 0 saturated carbocycles. The summed E-state index contributed by atoms with van der Waals surface area (Å²) in [4.78, 5) is 17.0. The molecule has 1 amide bonds. The lowest BCUT2D eigenvalue weighted by molar-refractivity contribution is -0.122. The lowest BCUT2D eigenvalue weighted by Crippen LogP contribution is -2.46.